The number of ether oxygens (including phenoxy) is 1. The Labute approximate surface area is 180 Å². The molecule has 8 nitrogen and oxygen atoms in total. The Balaban J connectivity index is 1.54. The van der Waals surface area contributed by atoms with Crippen LogP contribution < -0.4 is 4.90 Å². The number of hydrogen-bond acceptors (Lipinski definition) is 6. The van der Waals surface area contributed by atoms with Crippen LogP contribution in [0.2, 0.25) is 0 Å². The molecule has 2 saturated heterocycles. The number of anilines is 1. The Morgan fingerprint density at radius 1 is 1.00 bits per heavy atom. The van der Waals surface area contributed by atoms with Crippen LogP contribution in [0.15, 0.2) is 36.7 Å². The van der Waals surface area contributed by atoms with Crippen molar-refractivity contribution in [1.29, 1.82) is 0 Å². The van der Waals surface area contributed by atoms with E-state index in [-0.39, 0.29) is 0 Å². The molecule has 3 aromatic heterocycles. The van der Waals surface area contributed by atoms with Crippen LogP contribution in [0.4, 0.5) is 5.95 Å². The number of likely N-dealkylation sites (tertiary alicyclic amines) is 1. The lowest BCUT2D eigenvalue weighted by molar-refractivity contribution is 0.122. The zero-order valence-electron chi connectivity index (χ0n) is 17.8. The van der Waals surface area contributed by atoms with Gasteiger partial charge in [-0.3, -0.25) is 0 Å². The molecule has 31 heavy (non-hydrogen) atoms. The molecule has 1 N–H and O–H groups in total. The molecule has 2 aliphatic rings. The molecular weight excluding hydrogens is 390 g/mol. The summed E-state index contributed by atoms with van der Waals surface area (Å²) in [4.78, 5) is 18.1. The van der Waals surface area contributed by atoms with Crippen molar-refractivity contribution >= 4 is 27.9 Å². The minimum Gasteiger partial charge on any atom is -0.378 e. The number of morpholine rings is 1. The Kier molecular flexibility index (Phi) is 4.61. The zero-order valence-corrected chi connectivity index (χ0v) is 17.8. The molecule has 0 saturated carbocycles. The van der Waals surface area contributed by atoms with Crippen LogP contribution in [0, 0.1) is 0 Å². The lowest BCUT2D eigenvalue weighted by atomic mass is 10.0. The fourth-order valence-corrected chi connectivity index (χ4v) is 4.82. The molecule has 0 atom stereocenters. The number of aromatic nitrogens is 5. The number of piperidine rings is 1. The van der Waals surface area contributed by atoms with Crippen LogP contribution in [0.3, 0.4) is 0 Å². The fourth-order valence-electron chi connectivity index (χ4n) is 4.82. The molecule has 0 aliphatic carbocycles. The van der Waals surface area contributed by atoms with E-state index in [4.69, 9.17) is 19.8 Å². The van der Waals surface area contributed by atoms with E-state index in [2.05, 4.69) is 50.8 Å². The SMILES string of the molecule is CN1CCC(n2ncc3c(-c4cccc5[nH]ccc45)nc(N4CCOCC4)nc32)CC1. The van der Waals surface area contributed by atoms with Crippen LogP contribution in [-0.4, -0.2) is 76.1 Å². The monoisotopic (exact) mass is 417 g/mol. The van der Waals surface area contributed by atoms with Gasteiger partial charge >= 0.3 is 0 Å². The van der Waals surface area contributed by atoms with E-state index in [0.29, 0.717) is 19.3 Å². The minimum atomic E-state index is 0.372. The van der Waals surface area contributed by atoms with E-state index >= 15 is 0 Å². The highest BCUT2D eigenvalue weighted by Gasteiger charge is 2.25. The van der Waals surface area contributed by atoms with E-state index < -0.39 is 0 Å². The van der Waals surface area contributed by atoms with Gasteiger partial charge in [0.15, 0.2) is 5.65 Å². The number of benzene rings is 1. The molecule has 5 heterocycles. The van der Waals surface area contributed by atoms with Gasteiger partial charge in [0.25, 0.3) is 0 Å². The van der Waals surface area contributed by atoms with Crippen molar-refractivity contribution in [3.63, 3.8) is 0 Å². The smallest absolute Gasteiger partial charge is 0.228 e. The van der Waals surface area contributed by atoms with E-state index in [1.807, 2.05) is 12.4 Å². The second-order valence-corrected chi connectivity index (χ2v) is 8.58. The maximum atomic E-state index is 5.56. The zero-order chi connectivity index (χ0) is 20.8. The first-order valence-electron chi connectivity index (χ1n) is 11.1. The number of rotatable bonds is 3. The van der Waals surface area contributed by atoms with Gasteiger partial charge in [0.05, 0.1) is 36.5 Å². The molecule has 0 amide bonds. The van der Waals surface area contributed by atoms with Crippen LogP contribution in [0.5, 0.6) is 0 Å². The highest BCUT2D eigenvalue weighted by atomic mass is 16.5. The van der Waals surface area contributed by atoms with E-state index in [9.17, 15) is 0 Å². The highest BCUT2D eigenvalue weighted by molar-refractivity contribution is 6.01. The molecule has 0 spiro atoms. The van der Waals surface area contributed by atoms with Crippen LogP contribution in [-0.2, 0) is 4.74 Å². The third-order valence-corrected chi connectivity index (χ3v) is 6.62. The summed E-state index contributed by atoms with van der Waals surface area (Å²) >= 11 is 0. The summed E-state index contributed by atoms with van der Waals surface area (Å²) in [7, 11) is 2.19. The number of hydrogen-bond donors (Lipinski definition) is 1. The first-order valence-corrected chi connectivity index (χ1v) is 11.1. The second-order valence-electron chi connectivity index (χ2n) is 8.58. The molecule has 8 heteroatoms. The van der Waals surface area contributed by atoms with Gasteiger partial charge in [-0.25, -0.2) is 9.67 Å². The minimum absolute atomic E-state index is 0.372. The van der Waals surface area contributed by atoms with Gasteiger partial charge < -0.3 is 19.5 Å². The van der Waals surface area contributed by atoms with Gasteiger partial charge in [-0.05, 0) is 45.1 Å². The third-order valence-electron chi connectivity index (χ3n) is 6.62. The van der Waals surface area contributed by atoms with Gasteiger partial charge in [-0.2, -0.15) is 10.1 Å². The average molecular weight is 418 g/mol. The molecule has 1 aromatic carbocycles. The normalized spacial score (nSPS) is 18.9. The Hall–Kier alpha value is -2.97. The van der Waals surface area contributed by atoms with E-state index in [1.165, 1.54) is 5.39 Å². The second kappa shape index (κ2) is 7.62. The lowest BCUT2D eigenvalue weighted by Gasteiger charge is -2.30. The topological polar surface area (TPSA) is 75.1 Å². The van der Waals surface area contributed by atoms with Crippen molar-refractivity contribution in [3.8, 4) is 11.3 Å². The Morgan fingerprint density at radius 2 is 1.84 bits per heavy atom. The average Bonchev–Trinajstić information content (AvgIpc) is 3.47. The van der Waals surface area contributed by atoms with Crippen molar-refractivity contribution in [2.45, 2.75) is 18.9 Å². The maximum absolute atomic E-state index is 5.56. The summed E-state index contributed by atoms with van der Waals surface area (Å²) in [5.74, 6) is 0.771. The van der Waals surface area contributed by atoms with Gasteiger partial charge in [0.2, 0.25) is 5.95 Å². The summed E-state index contributed by atoms with van der Waals surface area (Å²) < 4.78 is 7.71. The number of aromatic amines is 1. The molecular formula is C23H27N7O. The summed E-state index contributed by atoms with van der Waals surface area (Å²) in [6.45, 7) is 5.20. The van der Waals surface area contributed by atoms with Crippen molar-refractivity contribution in [1.82, 2.24) is 29.6 Å². The van der Waals surface area contributed by atoms with E-state index in [1.54, 1.807) is 0 Å². The van der Waals surface area contributed by atoms with Gasteiger partial charge in [0, 0.05) is 35.8 Å². The predicted molar refractivity (Wildman–Crippen MR) is 121 cm³/mol. The summed E-state index contributed by atoms with van der Waals surface area (Å²) in [6, 6.07) is 8.82. The summed E-state index contributed by atoms with van der Waals surface area (Å²) in [6.07, 6.45) is 6.12. The largest absolute Gasteiger partial charge is 0.378 e. The van der Waals surface area contributed by atoms with Crippen LogP contribution in [0.1, 0.15) is 18.9 Å². The van der Waals surface area contributed by atoms with Crippen molar-refractivity contribution in [3.05, 3.63) is 36.7 Å². The highest BCUT2D eigenvalue weighted by Crippen LogP contribution is 2.35. The van der Waals surface area contributed by atoms with Crippen LogP contribution in [0.25, 0.3) is 33.2 Å². The quantitative estimate of drug-likeness (QED) is 0.552. The van der Waals surface area contributed by atoms with Crippen molar-refractivity contribution in [2.75, 3.05) is 51.3 Å². The molecule has 0 unspecified atom stereocenters. The van der Waals surface area contributed by atoms with Gasteiger partial charge in [-0.15, -0.1) is 0 Å². The molecule has 6 rings (SSSR count). The van der Waals surface area contributed by atoms with Crippen molar-refractivity contribution < 1.29 is 4.74 Å². The molecule has 2 aliphatic heterocycles. The number of nitrogens with zero attached hydrogens (tertiary/aromatic N) is 6. The molecule has 2 fully saturated rings. The maximum Gasteiger partial charge on any atom is 0.228 e. The van der Waals surface area contributed by atoms with E-state index in [0.717, 1.165) is 72.8 Å². The molecule has 0 radical (unpaired) electrons. The van der Waals surface area contributed by atoms with Gasteiger partial charge in [0.1, 0.15) is 0 Å². The summed E-state index contributed by atoms with van der Waals surface area (Å²) in [5, 5.41) is 7.02. The van der Waals surface area contributed by atoms with Crippen molar-refractivity contribution in [2.24, 2.45) is 0 Å². The van der Waals surface area contributed by atoms with Crippen LogP contribution >= 0.6 is 0 Å². The third kappa shape index (κ3) is 3.26. The lowest BCUT2D eigenvalue weighted by Crippen LogP contribution is -2.37. The number of fused-ring (bicyclic) bond motifs is 2. The molecule has 0 bridgehead atoms. The standard InChI is InChI=1S/C23H27N7O/c1-28-9-6-16(7-10-28)30-22-19(15-25-30)21(18-3-2-4-20-17(18)5-8-24-20)26-23(27-22)29-11-13-31-14-12-29/h2-5,8,15-16,24H,6-7,9-14H2,1H3. The molecule has 4 aromatic rings. The Bertz CT molecular complexity index is 1220. The first kappa shape index (κ1) is 18.8. The summed E-state index contributed by atoms with van der Waals surface area (Å²) in [5.41, 5.74) is 4.12. The van der Waals surface area contributed by atoms with Gasteiger partial charge in [-0.1, -0.05) is 12.1 Å². The molecule has 160 valence electrons. The predicted octanol–water partition coefficient (Wildman–Crippen LogP) is 3.08. The Morgan fingerprint density at radius 3 is 2.68 bits per heavy atom. The first-order chi connectivity index (χ1) is 15.3. The fraction of sp³-hybridized carbons (Fsp3) is 0.435. The number of H-pyrrole nitrogens is 1. The number of nitrogens with one attached hydrogen (secondary N) is 1.